The van der Waals surface area contributed by atoms with E-state index in [0.29, 0.717) is 6.04 Å². The van der Waals surface area contributed by atoms with Crippen LogP contribution < -0.4 is 0 Å². The third-order valence-electron chi connectivity index (χ3n) is 4.86. The van der Waals surface area contributed by atoms with Crippen molar-refractivity contribution in [1.29, 1.82) is 0 Å². The van der Waals surface area contributed by atoms with E-state index >= 15 is 0 Å². The van der Waals surface area contributed by atoms with Gasteiger partial charge in [-0.15, -0.1) is 0 Å². The first-order valence-corrected chi connectivity index (χ1v) is 8.88. The molecule has 1 fully saturated rings. The first-order valence-electron chi connectivity index (χ1n) is 8.88. The Hall–Kier alpha value is -2.53. The molecule has 1 aliphatic heterocycles. The van der Waals surface area contributed by atoms with Crippen LogP contribution in [0.5, 0.6) is 0 Å². The predicted molar refractivity (Wildman–Crippen MR) is 98.0 cm³/mol. The van der Waals surface area contributed by atoms with Gasteiger partial charge in [0, 0.05) is 55.2 Å². The van der Waals surface area contributed by atoms with E-state index in [-0.39, 0.29) is 0 Å². The van der Waals surface area contributed by atoms with Crippen LogP contribution in [0.25, 0.3) is 11.4 Å². The van der Waals surface area contributed by atoms with Gasteiger partial charge in [-0.25, -0.2) is 4.98 Å². The van der Waals surface area contributed by atoms with Gasteiger partial charge in [-0.05, 0) is 50.6 Å². The minimum atomic E-state index is 0.440. The van der Waals surface area contributed by atoms with Crippen LogP contribution in [0.3, 0.4) is 0 Å². The monoisotopic (exact) mass is 333 g/mol. The number of aromatic nitrogens is 4. The third-order valence-corrected chi connectivity index (χ3v) is 4.86. The molecule has 5 heteroatoms. The van der Waals surface area contributed by atoms with Gasteiger partial charge in [0.25, 0.3) is 0 Å². The topological polar surface area (TPSA) is 46.8 Å². The lowest BCUT2D eigenvalue weighted by molar-refractivity contribution is 0.168. The highest BCUT2D eigenvalue weighted by Crippen LogP contribution is 2.29. The van der Waals surface area contributed by atoms with Crippen LogP contribution in [0.4, 0.5) is 0 Å². The predicted octanol–water partition coefficient (Wildman–Crippen LogP) is 3.49. The highest BCUT2D eigenvalue weighted by molar-refractivity contribution is 5.54. The average molecular weight is 333 g/mol. The summed E-state index contributed by atoms with van der Waals surface area (Å²) in [5.41, 5.74) is 3.43. The molecule has 3 aromatic rings. The fraction of sp³-hybridized carbons (Fsp3) is 0.350. The van der Waals surface area contributed by atoms with Crippen molar-refractivity contribution in [3.05, 3.63) is 66.5 Å². The van der Waals surface area contributed by atoms with Gasteiger partial charge in [-0.3, -0.25) is 14.9 Å². The second kappa shape index (κ2) is 7.15. The molecular weight excluding hydrogens is 310 g/mol. The molecule has 0 radical (unpaired) electrons. The average Bonchev–Trinajstić information content (AvgIpc) is 3.05. The smallest absolute Gasteiger partial charge is 0.141 e. The first-order chi connectivity index (χ1) is 12.3. The van der Waals surface area contributed by atoms with E-state index in [9.17, 15) is 0 Å². The molecule has 0 aliphatic carbocycles. The highest BCUT2D eigenvalue weighted by Gasteiger charge is 2.25. The zero-order valence-electron chi connectivity index (χ0n) is 14.5. The van der Waals surface area contributed by atoms with Crippen LogP contribution in [-0.4, -0.2) is 37.5 Å². The maximum absolute atomic E-state index is 4.66. The maximum Gasteiger partial charge on any atom is 0.141 e. The molecule has 1 atom stereocenters. The van der Waals surface area contributed by atoms with Gasteiger partial charge >= 0.3 is 0 Å². The Morgan fingerprint density at radius 3 is 2.84 bits per heavy atom. The molecule has 0 saturated carbocycles. The molecule has 1 aliphatic rings. The van der Waals surface area contributed by atoms with E-state index in [2.05, 4.69) is 49.5 Å². The van der Waals surface area contributed by atoms with Gasteiger partial charge in [0.1, 0.15) is 5.82 Å². The molecule has 25 heavy (non-hydrogen) atoms. The quantitative estimate of drug-likeness (QED) is 0.733. The Bertz CT molecular complexity index is 813. The van der Waals surface area contributed by atoms with Gasteiger partial charge in [0.05, 0.1) is 5.69 Å². The lowest BCUT2D eigenvalue weighted by Gasteiger charge is -2.34. The van der Waals surface area contributed by atoms with Crippen molar-refractivity contribution in [3.63, 3.8) is 0 Å². The Kier molecular flexibility index (Phi) is 4.57. The number of hydrogen-bond acceptors (Lipinski definition) is 4. The molecule has 3 aromatic heterocycles. The highest BCUT2D eigenvalue weighted by atomic mass is 15.2. The SMILES string of the molecule is Cc1cnc(-c2cccnc2)n1C1CCCN(Cc2ccccn2)C1. The second-order valence-corrected chi connectivity index (χ2v) is 6.69. The summed E-state index contributed by atoms with van der Waals surface area (Å²) in [6, 6.07) is 10.6. The molecule has 5 nitrogen and oxygen atoms in total. The maximum atomic E-state index is 4.66. The molecule has 0 amide bonds. The van der Waals surface area contributed by atoms with Crippen LogP contribution in [0, 0.1) is 6.92 Å². The van der Waals surface area contributed by atoms with Crippen LogP contribution >= 0.6 is 0 Å². The normalized spacial score (nSPS) is 18.4. The van der Waals surface area contributed by atoms with E-state index in [0.717, 1.165) is 36.7 Å². The summed E-state index contributed by atoms with van der Waals surface area (Å²) >= 11 is 0. The Morgan fingerprint density at radius 2 is 2.04 bits per heavy atom. The van der Waals surface area contributed by atoms with Gasteiger partial charge in [-0.1, -0.05) is 6.07 Å². The minimum Gasteiger partial charge on any atom is -0.324 e. The van der Waals surface area contributed by atoms with Gasteiger partial charge < -0.3 is 4.57 Å². The summed E-state index contributed by atoms with van der Waals surface area (Å²) < 4.78 is 2.39. The largest absolute Gasteiger partial charge is 0.324 e. The number of likely N-dealkylation sites (tertiary alicyclic amines) is 1. The van der Waals surface area contributed by atoms with Gasteiger partial charge in [0.2, 0.25) is 0 Å². The Morgan fingerprint density at radius 1 is 1.08 bits per heavy atom. The number of rotatable bonds is 4. The van der Waals surface area contributed by atoms with Crippen molar-refractivity contribution in [2.24, 2.45) is 0 Å². The molecule has 4 rings (SSSR count). The van der Waals surface area contributed by atoms with Crippen molar-refractivity contribution in [2.75, 3.05) is 13.1 Å². The molecule has 128 valence electrons. The fourth-order valence-corrected chi connectivity index (χ4v) is 3.72. The Labute approximate surface area is 148 Å². The number of pyridine rings is 2. The van der Waals surface area contributed by atoms with Crippen LogP contribution in [-0.2, 0) is 6.54 Å². The summed E-state index contributed by atoms with van der Waals surface area (Å²) in [5, 5.41) is 0. The molecule has 0 spiro atoms. The molecule has 0 aromatic carbocycles. The number of aryl methyl sites for hydroxylation is 1. The van der Waals surface area contributed by atoms with E-state index < -0.39 is 0 Å². The number of nitrogens with zero attached hydrogens (tertiary/aromatic N) is 5. The lowest BCUT2D eigenvalue weighted by Crippen LogP contribution is -2.36. The van der Waals surface area contributed by atoms with E-state index in [1.807, 2.05) is 30.7 Å². The summed E-state index contributed by atoms with van der Waals surface area (Å²) in [6.07, 6.45) is 9.92. The number of imidazole rings is 1. The van der Waals surface area contributed by atoms with E-state index in [1.165, 1.54) is 18.5 Å². The fourth-order valence-electron chi connectivity index (χ4n) is 3.72. The zero-order valence-corrected chi connectivity index (χ0v) is 14.5. The molecular formula is C20H23N5. The van der Waals surface area contributed by atoms with Crippen LogP contribution in [0.15, 0.2) is 55.1 Å². The minimum absolute atomic E-state index is 0.440. The third kappa shape index (κ3) is 3.46. The van der Waals surface area contributed by atoms with Crippen LogP contribution in [0.1, 0.15) is 30.3 Å². The number of hydrogen-bond donors (Lipinski definition) is 0. The van der Waals surface area contributed by atoms with Crippen molar-refractivity contribution in [1.82, 2.24) is 24.4 Å². The van der Waals surface area contributed by atoms with Crippen molar-refractivity contribution in [2.45, 2.75) is 32.4 Å². The summed E-state index contributed by atoms with van der Waals surface area (Å²) in [4.78, 5) is 15.9. The van der Waals surface area contributed by atoms with E-state index in [1.54, 1.807) is 6.20 Å². The first kappa shape index (κ1) is 16.0. The van der Waals surface area contributed by atoms with Crippen LogP contribution in [0.2, 0.25) is 0 Å². The molecule has 0 N–H and O–H groups in total. The zero-order chi connectivity index (χ0) is 17.1. The molecule has 0 bridgehead atoms. The second-order valence-electron chi connectivity index (χ2n) is 6.69. The molecule has 1 saturated heterocycles. The van der Waals surface area contributed by atoms with Gasteiger partial charge in [0.15, 0.2) is 0 Å². The molecule has 4 heterocycles. The van der Waals surface area contributed by atoms with Crippen molar-refractivity contribution in [3.8, 4) is 11.4 Å². The standard InChI is InChI=1S/C20H23N5/c1-16-12-23-20(17-6-4-9-21-13-17)25(16)19-8-5-11-24(15-19)14-18-7-2-3-10-22-18/h2-4,6-7,9-10,12-13,19H,5,8,11,14-15H2,1H3. The lowest BCUT2D eigenvalue weighted by atomic mass is 10.0. The van der Waals surface area contributed by atoms with Gasteiger partial charge in [-0.2, -0.15) is 0 Å². The Balaban J connectivity index is 1.57. The number of piperidine rings is 1. The van der Waals surface area contributed by atoms with Crippen molar-refractivity contribution < 1.29 is 0 Å². The summed E-state index contributed by atoms with van der Waals surface area (Å²) in [5.74, 6) is 1.02. The van der Waals surface area contributed by atoms with E-state index in [4.69, 9.17) is 0 Å². The molecule has 1 unspecified atom stereocenters. The van der Waals surface area contributed by atoms with Crippen molar-refractivity contribution >= 4 is 0 Å². The summed E-state index contributed by atoms with van der Waals surface area (Å²) in [6.45, 7) is 5.21. The summed E-state index contributed by atoms with van der Waals surface area (Å²) in [7, 11) is 0.